The third-order valence-electron chi connectivity index (χ3n) is 2.60. The van der Waals surface area contributed by atoms with Crippen molar-refractivity contribution in [2.45, 2.75) is 12.8 Å². The van der Waals surface area contributed by atoms with Gasteiger partial charge in [-0.3, -0.25) is 0 Å². The summed E-state index contributed by atoms with van der Waals surface area (Å²) in [5.74, 6) is 0.897. The molecule has 0 fully saturated rings. The summed E-state index contributed by atoms with van der Waals surface area (Å²) in [5, 5.41) is 3.30. The number of aryl methyl sites for hydroxylation is 1. The molecule has 1 aromatic carbocycles. The van der Waals surface area contributed by atoms with Crippen LogP contribution in [0.15, 0.2) is 24.8 Å². The monoisotopic (exact) mass is 189 g/mol. The SMILES string of the molecule is C=C1NCCCc2ccc(OC)cc21. The van der Waals surface area contributed by atoms with Gasteiger partial charge in [0.1, 0.15) is 5.75 Å². The number of rotatable bonds is 1. The summed E-state index contributed by atoms with van der Waals surface area (Å²) in [7, 11) is 1.69. The second-order valence-electron chi connectivity index (χ2n) is 3.53. The predicted molar refractivity (Wildman–Crippen MR) is 58.4 cm³/mol. The van der Waals surface area contributed by atoms with Crippen LogP contribution in [0.25, 0.3) is 5.70 Å². The molecule has 1 aliphatic heterocycles. The van der Waals surface area contributed by atoms with Crippen molar-refractivity contribution in [2.75, 3.05) is 13.7 Å². The van der Waals surface area contributed by atoms with Gasteiger partial charge in [-0.2, -0.15) is 0 Å². The maximum absolute atomic E-state index is 5.20. The summed E-state index contributed by atoms with van der Waals surface area (Å²) >= 11 is 0. The van der Waals surface area contributed by atoms with Crippen LogP contribution in [-0.4, -0.2) is 13.7 Å². The zero-order valence-corrected chi connectivity index (χ0v) is 8.47. The highest BCUT2D eigenvalue weighted by Gasteiger charge is 2.10. The molecule has 1 aromatic rings. The minimum atomic E-state index is 0.897. The Morgan fingerprint density at radius 3 is 3.07 bits per heavy atom. The lowest BCUT2D eigenvalue weighted by Crippen LogP contribution is -2.10. The van der Waals surface area contributed by atoms with Crippen molar-refractivity contribution in [2.24, 2.45) is 0 Å². The van der Waals surface area contributed by atoms with Crippen LogP contribution in [0.2, 0.25) is 0 Å². The summed E-state index contributed by atoms with van der Waals surface area (Å²) in [6.45, 7) is 5.03. The average Bonchev–Trinajstić information content (AvgIpc) is 2.40. The number of nitrogens with one attached hydrogen (secondary N) is 1. The third-order valence-corrected chi connectivity index (χ3v) is 2.60. The van der Waals surface area contributed by atoms with Gasteiger partial charge in [-0.05, 0) is 30.5 Å². The maximum Gasteiger partial charge on any atom is 0.119 e. The van der Waals surface area contributed by atoms with Crippen molar-refractivity contribution in [1.29, 1.82) is 0 Å². The second kappa shape index (κ2) is 3.74. The number of ether oxygens (including phenoxy) is 1. The van der Waals surface area contributed by atoms with Crippen LogP contribution in [0.3, 0.4) is 0 Å². The van der Waals surface area contributed by atoms with E-state index in [1.807, 2.05) is 6.07 Å². The topological polar surface area (TPSA) is 21.3 Å². The van der Waals surface area contributed by atoms with Crippen LogP contribution in [0.5, 0.6) is 5.75 Å². The van der Waals surface area contributed by atoms with E-state index in [1.54, 1.807) is 7.11 Å². The van der Waals surface area contributed by atoms with Gasteiger partial charge in [0.25, 0.3) is 0 Å². The first-order valence-corrected chi connectivity index (χ1v) is 4.91. The van der Waals surface area contributed by atoms with Gasteiger partial charge in [0.15, 0.2) is 0 Å². The number of fused-ring (bicyclic) bond motifs is 1. The lowest BCUT2D eigenvalue weighted by Gasteiger charge is -2.10. The first kappa shape index (κ1) is 9.13. The zero-order valence-electron chi connectivity index (χ0n) is 8.47. The fraction of sp³-hybridized carbons (Fsp3) is 0.333. The number of hydrogen-bond acceptors (Lipinski definition) is 2. The van der Waals surface area contributed by atoms with Crippen LogP contribution in [0, 0.1) is 0 Å². The molecule has 0 aromatic heterocycles. The van der Waals surface area contributed by atoms with E-state index in [4.69, 9.17) is 4.74 Å². The molecular formula is C12H15NO. The standard InChI is InChI=1S/C12H15NO/c1-9-12-8-11(14-2)6-5-10(12)4-3-7-13-9/h5-6,8,13H,1,3-4,7H2,2H3. The summed E-state index contributed by atoms with van der Waals surface area (Å²) in [4.78, 5) is 0. The van der Waals surface area contributed by atoms with Crippen molar-refractivity contribution in [3.8, 4) is 5.75 Å². The fourth-order valence-corrected chi connectivity index (χ4v) is 1.79. The van der Waals surface area contributed by atoms with Crippen LogP contribution in [-0.2, 0) is 6.42 Å². The normalized spacial score (nSPS) is 15.4. The maximum atomic E-state index is 5.20. The number of methoxy groups -OCH3 is 1. The fourth-order valence-electron chi connectivity index (χ4n) is 1.79. The first-order chi connectivity index (χ1) is 6.81. The summed E-state index contributed by atoms with van der Waals surface area (Å²) in [6.07, 6.45) is 2.28. The Morgan fingerprint density at radius 2 is 2.29 bits per heavy atom. The Bertz CT molecular complexity index is 357. The van der Waals surface area contributed by atoms with Gasteiger partial charge in [-0.25, -0.2) is 0 Å². The lowest BCUT2D eigenvalue weighted by molar-refractivity contribution is 0.414. The van der Waals surface area contributed by atoms with Gasteiger partial charge in [-0.15, -0.1) is 0 Å². The third kappa shape index (κ3) is 1.60. The molecule has 0 atom stereocenters. The Balaban J connectivity index is 2.44. The molecule has 1 aliphatic rings. The van der Waals surface area contributed by atoms with E-state index in [9.17, 15) is 0 Å². The molecule has 2 rings (SSSR count). The highest BCUT2D eigenvalue weighted by atomic mass is 16.5. The molecule has 0 spiro atoms. The Morgan fingerprint density at radius 1 is 1.43 bits per heavy atom. The van der Waals surface area contributed by atoms with E-state index < -0.39 is 0 Å². The molecule has 14 heavy (non-hydrogen) atoms. The van der Waals surface area contributed by atoms with Gasteiger partial charge in [0.05, 0.1) is 7.11 Å². The molecule has 0 saturated heterocycles. The van der Waals surface area contributed by atoms with Crippen molar-refractivity contribution >= 4 is 5.70 Å². The Kier molecular flexibility index (Phi) is 2.44. The quantitative estimate of drug-likeness (QED) is 0.731. The van der Waals surface area contributed by atoms with Crippen LogP contribution < -0.4 is 10.1 Å². The van der Waals surface area contributed by atoms with E-state index >= 15 is 0 Å². The summed E-state index contributed by atoms with van der Waals surface area (Å²) < 4.78 is 5.20. The summed E-state index contributed by atoms with van der Waals surface area (Å²) in [6, 6.07) is 6.19. The van der Waals surface area contributed by atoms with E-state index in [0.29, 0.717) is 0 Å². The molecule has 1 N–H and O–H groups in total. The summed E-state index contributed by atoms with van der Waals surface area (Å²) in [5.41, 5.74) is 3.57. The molecule has 1 heterocycles. The Hall–Kier alpha value is -1.44. The van der Waals surface area contributed by atoms with Gasteiger partial charge in [0.2, 0.25) is 0 Å². The highest BCUT2D eigenvalue weighted by Crippen LogP contribution is 2.25. The van der Waals surface area contributed by atoms with Crippen molar-refractivity contribution in [3.05, 3.63) is 35.9 Å². The second-order valence-corrected chi connectivity index (χ2v) is 3.53. The number of benzene rings is 1. The zero-order chi connectivity index (χ0) is 9.97. The van der Waals surface area contributed by atoms with E-state index in [1.165, 1.54) is 17.5 Å². The van der Waals surface area contributed by atoms with Crippen molar-refractivity contribution in [1.82, 2.24) is 5.32 Å². The molecule has 0 aliphatic carbocycles. The first-order valence-electron chi connectivity index (χ1n) is 4.91. The highest BCUT2D eigenvalue weighted by molar-refractivity contribution is 5.66. The van der Waals surface area contributed by atoms with Crippen LogP contribution in [0.4, 0.5) is 0 Å². The van der Waals surface area contributed by atoms with Gasteiger partial charge in [0, 0.05) is 17.8 Å². The Labute approximate surface area is 84.6 Å². The van der Waals surface area contributed by atoms with E-state index in [2.05, 4.69) is 24.0 Å². The molecule has 0 unspecified atom stereocenters. The molecule has 2 heteroatoms. The number of hydrogen-bond donors (Lipinski definition) is 1. The molecule has 2 nitrogen and oxygen atoms in total. The molecular weight excluding hydrogens is 174 g/mol. The minimum absolute atomic E-state index is 0.897. The molecule has 0 bridgehead atoms. The van der Waals surface area contributed by atoms with Gasteiger partial charge >= 0.3 is 0 Å². The lowest BCUT2D eigenvalue weighted by atomic mass is 10.0. The van der Waals surface area contributed by atoms with Crippen molar-refractivity contribution in [3.63, 3.8) is 0 Å². The van der Waals surface area contributed by atoms with E-state index in [-0.39, 0.29) is 0 Å². The van der Waals surface area contributed by atoms with Gasteiger partial charge in [-0.1, -0.05) is 12.6 Å². The molecule has 0 radical (unpaired) electrons. The van der Waals surface area contributed by atoms with E-state index in [0.717, 1.165) is 24.4 Å². The van der Waals surface area contributed by atoms with Gasteiger partial charge < -0.3 is 10.1 Å². The molecule has 74 valence electrons. The smallest absolute Gasteiger partial charge is 0.119 e. The molecule has 0 amide bonds. The van der Waals surface area contributed by atoms with Crippen LogP contribution in [0.1, 0.15) is 17.5 Å². The predicted octanol–water partition coefficient (Wildman–Crippen LogP) is 2.20. The van der Waals surface area contributed by atoms with Crippen LogP contribution >= 0.6 is 0 Å². The minimum Gasteiger partial charge on any atom is -0.497 e. The largest absolute Gasteiger partial charge is 0.497 e. The average molecular weight is 189 g/mol. The van der Waals surface area contributed by atoms with Crippen molar-refractivity contribution < 1.29 is 4.74 Å². The molecule has 0 saturated carbocycles.